The molecule has 38 heavy (non-hydrogen) atoms. The van der Waals surface area contributed by atoms with Gasteiger partial charge in [-0.15, -0.1) is 0 Å². The van der Waals surface area contributed by atoms with E-state index in [1.54, 1.807) is 25.1 Å². The van der Waals surface area contributed by atoms with Crippen molar-refractivity contribution in [2.75, 3.05) is 19.9 Å². The molecule has 0 atom stereocenters. The number of imide groups is 1. The van der Waals surface area contributed by atoms with Crippen molar-refractivity contribution in [1.82, 2.24) is 15.2 Å². The maximum Gasteiger partial charge on any atom is 0.419 e. The van der Waals surface area contributed by atoms with E-state index in [0.29, 0.717) is 41.9 Å². The number of carbonyl (C=O) groups is 4. The van der Waals surface area contributed by atoms with E-state index in [-0.39, 0.29) is 23.3 Å². The number of hydrogen-bond donors (Lipinski definition) is 4. The summed E-state index contributed by atoms with van der Waals surface area (Å²) in [6.45, 7) is 4.20. The van der Waals surface area contributed by atoms with Gasteiger partial charge in [-0.05, 0) is 56.9 Å². The van der Waals surface area contributed by atoms with Crippen LogP contribution in [0.2, 0.25) is 0 Å². The predicted molar refractivity (Wildman–Crippen MR) is 137 cm³/mol. The van der Waals surface area contributed by atoms with Gasteiger partial charge in [0.1, 0.15) is 6.61 Å². The van der Waals surface area contributed by atoms with Crippen LogP contribution in [0.15, 0.2) is 34.4 Å². The molecule has 1 aliphatic carbocycles. The third kappa shape index (κ3) is 6.62. The lowest BCUT2D eigenvalue weighted by atomic mass is 10.1. The maximum absolute atomic E-state index is 13.3. The first-order chi connectivity index (χ1) is 18.2. The number of aliphatic hydroxyl groups excluding tert-OH is 1. The van der Waals surface area contributed by atoms with E-state index in [1.165, 1.54) is 6.20 Å². The fraction of sp³-hybridized carbons (Fsp3) is 0.360. The number of nitrogens with zero attached hydrogens (tertiary/aromatic N) is 3. The average molecular weight is 527 g/mol. The van der Waals surface area contributed by atoms with Crippen LogP contribution in [-0.2, 0) is 14.3 Å². The van der Waals surface area contributed by atoms with Gasteiger partial charge >= 0.3 is 12.1 Å². The molecule has 202 valence electrons. The van der Waals surface area contributed by atoms with Crippen LogP contribution in [0.4, 0.5) is 10.5 Å². The predicted octanol–water partition coefficient (Wildman–Crippen LogP) is 1.68. The minimum atomic E-state index is -0.975. The number of nitrogens with two attached hydrogens (primary N) is 1. The van der Waals surface area contributed by atoms with Gasteiger partial charge in [-0.3, -0.25) is 9.59 Å². The van der Waals surface area contributed by atoms with Crippen molar-refractivity contribution < 1.29 is 33.8 Å². The van der Waals surface area contributed by atoms with Crippen molar-refractivity contribution in [2.24, 2.45) is 15.7 Å². The Hall–Kier alpha value is -4.52. The summed E-state index contributed by atoms with van der Waals surface area (Å²) in [6, 6.07) is 4.74. The van der Waals surface area contributed by atoms with Gasteiger partial charge in [0.2, 0.25) is 6.79 Å². The summed E-state index contributed by atoms with van der Waals surface area (Å²) in [5.41, 5.74) is 8.29. The molecule has 1 aromatic heterocycles. The molecular formula is C25H30N6O7. The van der Waals surface area contributed by atoms with Crippen molar-refractivity contribution in [2.45, 2.75) is 39.7 Å². The molecule has 0 saturated heterocycles. The molecule has 3 amide bonds. The number of carbonyl (C=O) groups excluding carboxylic acids is 4. The number of nitrogens with one attached hydrogen (secondary N) is 2. The third-order valence-corrected chi connectivity index (χ3v) is 5.68. The van der Waals surface area contributed by atoms with E-state index < -0.39 is 31.4 Å². The number of hydrogen-bond acceptors (Lipinski definition) is 8. The topological polar surface area (TPSA) is 189 Å². The lowest BCUT2D eigenvalue weighted by molar-refractivity contribution is -0.155. The van der Waals surface area contributed by atoms with Crippen molar-refractivity contribution in [3.05, 3.63) is 52.3 Å². The summed E-state index contributed by atoms with van der Waals surface area (Å²) in [6.07, 6.45) is 2.74. The number of rotatable bonds is 9. The van der Waals surface area contributed by atoms with Crippen molar-refractivity contribution in [1.29, 1.82) is 0 Å². The molecule has 1 saturated carbocycles. The maximum atomic E-state index is 13.3. The number of H-pyrrole nitrogens is 1. The van der Waals surface area contributed by atoms with E-state index in [2.05, 4.69) is 25.0 Å². The number of ether oxygens (including phenoxy) is 2. The molecule has 0 radical (unpaired) electrons. The largest absolute Gasteiger partial charge is 0.426 e. The second-order valence-electron chi connectivity index (χ2n) is 8.39. The van der Waals surface area contributed by atoms with Gasteiger partial charge in [0.25, 0.3) is 11.8 Å². The van der Waals surface area contributed by atoms with Crippen LogP contribution in [0, 0.1) is 13.8 Å². The normalized spacial score (nSPS) is 13.3. The highest BCUT2D eigenvalue weighted by Gasteiger charge is 2.40. The number of aryl methyl sites for hydroxylation is 1. The smallest absolute Gasteiger partial charge is 0.419 e. The molecule has 1 aromatic carbocycles. The number of amides is 3. The highest BCUT2D eigenvalue weighted by molar-refractivity contribution is 6.09. The fourth-order valence-electron chi connectivity index (χ4n) is 3.54. The highest BCUT2D eigenvalue weighted by atomic mass is 16.7. The molecule has 1 fully saturated rings. The van der Waals surface area contributed by atoms with Crippen molar-refractivity contribution in [3.8, 4) is 0 Å². The van der Waals surface area contributed by atoms with E-state index in [0.717, 1.165) is 16.8 Å². The van der Waals surface area contributed by atoms with Crippen LogP contribution >= 0.6 is 0 Å². The van der Waals surface area contributed by atoms with E-state index in [4.69, 9.17) is 15.6 Å². The molecule has 0 unspecified atom stereocenters. The second-order valence-corrected chi connectivity index (χ2v) is 8.39. The lowest BCUT2D eigenvalue weighted by Crippen LogP contribution is -2.39. The average Bonchev–Trinajstić information content (AvgIpc) is 3.65. The van der Waals surface area contributed by atoms with Gasteiger partial charge in [0.15, 0.2) is 5.84 Å². The second kappa shape index (κ2) is 12.6. The van der Waals surface area contributed by atoms with E-state index >= 15 is 0 Å². The molecule has 2 aromatic rings. The number of benzene rings is 1. The first kappa shape index (κ1) is 28.1. The molecule has 13 nitrogen and oxygen atoms in total. The fourth-order valence-corrected chi connectivity index (χ4v) is 3.54. The van der Waals surface area contributed by atoms with Gasteiger partial charge in [0.05, 0.1) is 23.3 Å². The SMILES string of the molecule is CCNC(=O)c1ccc(C)c(N=C(N=CN)c2[nH]cc(C(=O)N(C(=O)OCOC(=O)CO)C3CC3)c2C)c1. The van der Waals surface area contributed by atoms with Crippen LogP contribution in [0.1, 0.15) is 57.3 Å². The molecule has 1 aliphatic rings. The Kier molecular flexibility index (Phi) is 9.33. The quantitative estimate of drug-likeness (QED) is 0.164. The van der Waals surface area contributed by atoms with Crippen molar-refractivity contribution in [3.63, 3.8) is 0 Å². The van der Waals surface area contributed by atoms with Crippen LogP contribution in [0.3, 0.4) is 0 Å². The number of aliphatic imine (C=N–C) groups is 2. The van der Waals surface area contributed by atoms with Crippen LogP contribution < -0.4 is 11.1 Å². The van der Waals surface area contributed by atoms with Gasteiger partial charge < -0.3 is 30.6 Å². The molecule has 0 bridgehead atoms. The Morgan fingerprint density at radius 1 is 1.24 bits per heavy atom. The molecule has 1 heterocycles. The molecule has 3 rings (SSSR count). The monoisotopic (exact) mass is 526 g/mol. The zero-order chi connectivity index (χ0) is 27.8. The first-order valence-corrected chi connectivity index (χ1v) is 11.9. The Bertz CT molecular complexity index is 1280. The summed E-state index contributed by atoms with van der Waals surface area (Å²) in [5, 5.41) is 11.4. The van der Waals surface area contributed by atoms with Crippen LogP contribution in [-0.4, -0.2) is 77.0 Å². The van der Waals surface area contributed by atoms with Gasteiger partial charge in [-0.2, -0.15) is 0 Å². The third-order valence-electron chi connectivity index (χ3n) is 5.68. The number of esters is 1. The lowest BCUT2D eigenvalue weighted by Gasteiger charge is -2.19. The van der Waals surface area contributed by atoms with E-state index in [1.807, 2.05) is 13.8 Å². The van der Waals surface area contributed by atoms with Crippen molar-refractivity contribution >= 4 is 41.7 Å². The molecule has 0 aliphatic heterocycles. The zero-order valence-electron chi connectivity index (χ0n) is 21.3. The number of amidine groups is 1. The summed E-state index contributed by atoms with van der Waals surface area (Å²) in [7, 11) is 0. The minimum absolute atomic E-state index is 0.164. The Labute approximate surface area is 218 Å². The Morgan fingerprint density at radius 2 is 1.97 bits per heavy atom. The summed E-state index contributed by atoms with van der Waals surface area (Å²) < 4.78 is 9.44. The van der Waals surface area contributed by atoms with Gasteiger partial charge in [-0.25, -0.2) is 24.5 Å². The molecule has 13 heteroatoms. The number of aromatic amines is 1. The van der Waals surface area contributed by atoms with Gasteiger partial charge in [0, 0.05) is 24.3 Å². The first-order valence-electron chi connectivity index (χ1n) is 11.9. The molecule has 5 N–H and O–H groups in total. The van der Waals surface area contributed by atoms with E-state index in [9.17, 15) is 19.2 Å². The molecule has 0 spiro atoms. The number of aliphatic hydroxyl groups is 1. The standard InChI is InChI=1S/C25H30N6O7/c1-4-27-23(34)16-6-5-14(2)19(9-16)30-22(29-12-26)21-15(3)18(10-28-21)24(35)31(17-7-8-17)25(36)38-13-37-20(33)11-32/h5-6,9-10,12,17,28,32H,4,7-8,11,13H2,1-3H3,(H,27,34)(H2,26,29,30). The number of aromatic nitrogens is 1. The highest BCUT2D eigenvalue weighted by Crippen LogP contribution is 2.30. The molecular weight excluding hydrogens is 496 g/mol. The summed E-state index contributed by atoms with van der Waals surface area (Å²) >= 11 is 0. The van der Waals surface area contributed by atoms with Crippen LogP contribution in [0.25, 0.3) is 0 Å². The summed E-state index contributed by atoms with van der Waals surface area (Å²) in [4.78, 5) is 62.0. The zero-order valence-corrected chi connectivity index (χ0v) is 21.3. The summed E-state index contributed by atoms with van der Waals surface area (Å²) in [5.74, 6) is -1.66. The minimum Gasteiger partial charge on any atom is -0.426 e. The Morgan fingerprint density at radius 3 is 2.61 bits per heavy atom. The Balaban J connectivity index is 1.90. The van der Waals surface area contributed by atoms with Gasteiger partial charge in [-0.1, -0.05) is 6.07 Å². The van der Waals surface area contributed by atoms with Crippen LogP contribution in [0.5, 0.6) is 0 Å².